The Morgan fingerprint density at radius 2 is 1.44 bits per heavy atom. The molecule has 0 heterocycles. The van der Waals surface area contributed by atoms with Crippen LogP contribution in [0, 0.1) is 0 Å². The predicted octanol–water partition coefficient (Wildman–Crippen LogP) is -3.38. The molecule has 0 saturated carbocycles. The van der Waals surface area contributed by atoms with Gasteiger partial charge >= 0.3 is 29.3 Å². The van der Waals surface area contributed by atoms with Crippen LogP contribution in [0.25, 0.3) is 0 Å². The van der Waals surface area contributed by atoms with Gasteiger partial charge in [0.15, 0.2) is 17.4 Å². The Balaban J connectivity index is -0.0000000417. The topological polar surface area (TPSA) is 115 Å². The van der Waals surface area contributed by atoms with Crippen molar-refractivity contribution in [3.05, 3.63) is 0 Å². The van der Waals surface area contributed by atoms with Crippen LogP contribution >= 0.6 is 0 Å². The Hall–Kier alpha value is 0.920. The van der Waals surface area contributed by atoms with Gasteiger partial charge in [0, 0.05) is 0 Å². The zero-order chi connectivity index (χ0) is 5.21. The van der Waals surface area contributed by atoms with E-state index in [1.807, 2.05) is 0 Å². The molecular weight excluding hydrogens is 162 g/mol. The molecule has 9 heavy (non-hydrogen) atoms. The SMILES string of the molecule is O.O=S(=O)(O)OO.[AlH3].[LiH]. The molecule has 0 aromatic heterocycles. The summed E-state index contributed by atoms with van der Waals surface area (Å²) in [5.41, 5.74) is 0. The predicted molar refractivity (Wildman–Crippen MR) is 36.0 cm³/mol. The van der Waals surface area contributed by atoms with Gasteiger partial charge < -0.3 is 5.48 Å². The molecule has 54 valence electrons. The van der Waals surface area contributed by atoms with Gasteiger partial charge in [-0.2, -0.15) is 8.42 Å². The third-order valence-electron chi connectivity index (χ3n) is 0.0942. The molecule has 0 bridgehead atoms. The first-order valence-electron chi connectivity index (χ1n) is 0.865. The number of hydrogen-bond donors (Lipinski definition) is 2. The first-order chi connectivity index (χ1) is 2.56. The van der Waals surface area contributed by atoms with Crippen LogP contribution in [0.1, 0.15) is 0 Å². The minimum absolute atomic E-state index is 0. The van der Waals surface area contributed by atoms with E-state index >= 15 is 0 Å². The average molecular weight is 170 g/mol. The summed E-state index contributed by atoms with van der Waals surface area (Å²) >= 11 is 0. The molecule has 9 heteroatoms. The van der Waals surface area contributed by atoms with Gasteiger partial charge in [0.25, 0.3) is 0 Å². The van der Waals surface area contributed by atoms with E-state index in [0.717, 1.165) is 0 Å². The molecule has 0 amide bonds. The van der Waals surface area contributed by atoms with Crippen LogP contribution in [0.15, 0.2) is 0 Å². The van der Waals surface area contributed by atoms with Crippen molar-refractivity contribution >= 4 is 46.6 Å². The summed E-state index contributed by atoms with van der Waals surface area (Å²) in [6, 6.07) is 0. The van der Waals surface area contributed by atoms with Crippen molar-refractivity contribution < 1.29 is 28.0 Å². The van der Waals surface area contributed by atoms with Gasteiger partial charge in [0.1, 0.15) is 0 Å². The van der Waals surface area contributed by atoms with Crippen molar-refractivity contribution in [2.75, 3.05) is 0 Å². The van der Waals surface area contributed by atoms with Crippen molar-refractivity contribution in [3.8, 4) is 0 Å². The number of hydrogen-bond acceptors (Lipinski definition) is 4. The molecule has 0 fully saturated rings. The van der Waals surface area contributed by atoms with E-state index < -0.39 is 10.4 Å². The van der Waals surface area contributed by atoms with Crippen LogP contribution in [-0.4, -0.2) is 59.9 Å². The van der Waals surface area contributed by atoms with E-state index in [9.17, 15) is 0 Å². The third kappa shape index (κ3) is 27.8. The summed E-state index contributed by atoms with van der Waals surface area (Å²) in [5.74, 6) is 0. The quantitative estimate of drug-likeness (QED) is 0.184. The van der Waals surface area contributed by atoms with E-state index in [4.69, 9.17) is 18.2 Å². The van der Waals surface area contributed by atoms with Crippen LogP contribution in [-0.2, 0) is 14.7 Å². The fourth-order valence-electron chi connectivity index (χ4n) is 0. The summed E-state index contributed by atoms with van der Waals surface area (Å²) in [7, 11) is -4.61. The minimum atomic E-state index is -4.61. The molecule has 0 atom stereocenters. The normalized spacial score (nSPS) is 7.78. The first-order valence-corrected chi connectivity index (χ1v) is 2.23. The third-order valence-corrected chi connectivity index (χ3v) is 0.283. The van der Waals surface area contributed by atoms with Crippen LogP contribution in [0.5, 0.6) is 0 Å². The molecule has 0 radical (unpaired) electrons. The molecule has 0 unspecified atom stereocenters. The van der Waals surface area contributed by atoms with E-state index in [0.29, 0.717) is 0 Å². The molecule has 0 aliphatic rings. The van der Waals surface area contributed by atoms with Crippen molar-refractivity contribution in [1.29, 1.82) is 0 Å². The summed E-state index contributed by atoms with van der Waals surface area (Å²) in [6.07, 6.45) is 0. The van der Waals surface area contributed by atoms with Gasteiger partial charge in [0.05, 0.1) is 0 Å². The summed E-state index contributed by atoms with van der Waals surface area (Å²) in [4.78, 5) is 0. The molecule has 4 N–H and O–H groups in total. The van der Waals surface area contributed by atoms with Crippen molar-refractivity contribution in [2.45, 2.75) is 0 Å². The Bertz CT molecular complexity index is 115. The molecule has 0 aromatic carbocycles. The van der Waals surface area contributed by atoms with Gasteiger partial charge in [-0.3, -0.25) is 4.55 Å². The van der Waals surface area contributed by atoms with Crippen LogP contribution in [0.3, 0.4) is 0 Å². The van der Waals surface area contributed by atoms with E-state index in [1.54, 1.807) is 0 Å². The summed E-state index contributed by atoms with van der Waals surface area (Å²) < 4.78 is 28.0. The zero-order valence-corrected chi connectivity index (χ0v) is 3.84. The van der Waals surface area contributed by atoms with Gasteiger partial charge in [-0.1, -0.05) is 4.33 Å². The molecular formula is H8AlLiO6S. The fourth-order valence-corrected chi connectivity index (χ4v) is 0. The Labute approximate surface area is 74.7 Å². The maximum atomic E-state index is 9.08. The Morgan fingerprint density at radius 1 is 1.33 bits per heavy atom. The van der Waals surface area contributed by atoms with E-state index in [-0.39, 0.29) is 41.7 Å². The molecule has 6 nitrogen and oxygen atoms in total. The molecule has 0 saturated heterocycles. The Kier molecular flexibility index (Phi) is 22.3. The van der Waals surface area contributed by atoms with E-state index in [2.05, 4.69) is 4.33 Å². The van der Waals surface area contributed by atoms with Crippen LogP contribution in [0.4, 0.5) is 0 Å². The summed E-state index contributed by atoms with van der Waals surface area (Å²) in [6.45, 7) is 0. The first kappa shape index (κ1) is 22.5. The second-order valence-corrected chi connectivity index (χ2v) is 1.51. The molecule has 0 spiro atoms. The second-order valence-electron chi connectivity index (χ2n) is 0.502. The van der Waals surface area contributed by atoms with Crippen molar-refractivity contribution in [3.63, 3.8) is 0 Å². The van der Waals surface area contributed by atoms with Crippen LogP contribution < -0.4 is 0 Å². The average Bonchev–Trinajstić information content (AvgIpc) is 1.35. The number of rotatable bonds is 1. The monoisotopic (exact) mass is 170 g/mol. The second kappa shape index (κ2) is 8.92. The summed E-state index contributed by atoms with van der Waals surface area (Å²) in [5, 5.41) is 7.06. The van der Waals surface area contributed by atoms with Crippen LogP contribution in [0.2, 0.25) is 0 Å². The van der Waals surface area contributed by atoms with Gasteiger partial charge in [-0.25, -0.2) is 5.26 Å². The van der Waals surface area contributed by atoms with Gasteiger partial charge in [-0.05, 0) is 0 Å². The molecule has 0 aromatic rings. The Morgan fingerprint density at radius 3 is 1.44 bits per heavy atom. The fraction of sp³-hybridized carbons (Fsp3) is 0. The zero-order valence-electron chi connectivity index (χ0n) is 3.03. The molecule has 0 rings (SSSR count). The van der Waals surface area contributed by atoms with Crippen molar-refractivity contribution in [2.24, 2.45) is 0 Å². The van der Waals surface area contributed by atoms with Gasteiger partial charge in [0.2, 0.25) is 0 Å². The maximum absolute atomic E-state index is 9.08. The molecule has 0 aliphatic carbocycles. The van der Waals surface area contributed by atoms with Crippen molar-refractivity contribution in [1.82, 2.24) is 0 Å². The molecule has 0 aliphatic heterocycles. The van der Waals surface area contributed by atoms with Gasteiger partial charge in [-0.15, -0.1) is 0 Å². The standard InChI is InChI=1S/Al.Li.H2O5S.H2O.4H/c;;1-5-6(2,3)4;;;;;/h;;1H,(H,2,3,4);1H2;;;;. The van der Waals surface area contributed by atoms with E-state index in [1.165, 1.54) is 0 Å².